The first-order valence-electron chi connectivity index (χ1n) is 11.6. The van der Waals surface area contributed by atoms with Gasteiger partial charge in [0.25, 0.3) is 0 Å². The molecular formula is C26H31NO4. The van der Waals surface area contributed by atoms with Crippen LogP contribution >= 0.6 is 0 Å². The van der Waals surface area contributed by atoms with E-state index in [1.54, 1.807) is 4.90 Å². The van der Waals surface area contributed by atoms with Crippen LogP contribution in [-0.4, -0.2) is 28.7 Å². The third-order valence-electron chi connectivity index (χ3n) is 7.84. The third kappa shape index (κ3) is 3.42. The number of imide groups is 1. The molecule has 1 aliphatic heterocycles. The fourth-order valence-electron chi connectivity index (χ4n) is 6.08. The van der Waals surface area contributed by atoms with E-state index in [4.69, 9.17) is 4.74 Å². The van der Waals surface area contributed by atoms with Crippen molar-refractivity contribution in [3.63, 3.8) is 0 Å². The van der Waals surface area contributed by atoms with E-state index >= 15 is 0 Å². The van der Waals surface area contributed by atoms with E-state index < -0.39 is 0 Å². The molecule has 5 rings (SSSR count). The smallest absolute Gasteiger partial charge is 0.314 e. The van der Waals surface area contributed by atoms with Crippen LogP contribution in [0.15, 0.2) is 36.4 Å². The van der Waals surface area contributed by atoms with Gasteiger partial charge in [-0.2, -0.15) is 0 Å². The fraction of sp³-hybridized carbons (Fsp3) is 0.577. The lowest BCUT2D eigenvalue weighted by molar-refractivity contribution is -0.145. The van der Waals surface area contributed by atoms with Crippen LogP contribution in [0.3, 0.4) is 0 Å². The van der Waals surface area contributed by atoms with Gasteiger partial charge in [0.2, 0.25) is 11.8 Å². The summed E-state index contributed by atoms with van der Waals surface area (Å²) in [7, 11) is 0. The van der Waals surface area contributed by atoms with Crippen molar-refractivity contribution in [1.29, 1.82) is 0 Å². The van der Waals surface area contributed by atoms with Crippen LogP contribution < -0.4 is 4.74 Å². The standard InChI is InChI=1S/C26H31NO4/c1-26(2,3)18-8-12-20(13-9-18)31-25(30)15-6-10-19(11-7-15)27-23(28)21-16-4-5-17(14-16)22(21)24(27)29/h4-5,8-9,12-13,15-17,19,21-22H,6-7,10-11,14H2,1-3H3. The molecule has 0 N–H and O–H groups in total. The number of carbonyl (C=O) groups excluding carboxylic acids is 3. The van der Waals surface area contributed by atoms with Crippen LogP contribution in [0.25, 0.3) is 0 Å². The van der Waals surface area contributed by atoms with Crippen LogP contribution in [-0.2, 0) is 19.8 Å². The summed E-state index contributed by atoms with van der Waals surface area (Å²) in [5.41, 5.74) is 1.25. The Morgan fingerprint density at radius 2 is 1.45 bits per heavy atom. The predicted octanol–water partition coefficient (Wildman–Crippen LogP) is 4.26. The van der Waals surface area contributed by atoms with Gasteiger partial charge in [-0.3, -0.25) is 19.3 Å². The topological polar surface area (TPSA) is 63.7 Å². The maximum Gasteiger partial charge on any atom is 0.314 e. The minimum absolute atomic E-state index is 0.0248. The van der Waals surface area contributed by atoms with E-state index in [1.807, 2.05) is 24.3 Å². The van der Waals surface area contributed by atoms with Crippen molar-refractivity contribution in [2.45, 2.75) is 64.3 Å². The molecule has 1 aromatic rings. The van der Waals surface area contributed by atoms with Crippen molar-refractivity contribution in [3.8, 4) is 5.75 Å². The number of benzene rings is 1. The Morgan fingerprint density at radius 1 is 0.903 bits per heavy atom. The molecule has 164 valence electrons. The zero-order chi connectivity index (χ0) is 21.9. The summed E-state index contributed by atoms with van der Waals surface area (Å²) in [5, 5.41) is 0. The number of esters is 1. The first-order chi connectivity index (χ1) is 14.7. The zero-order valence-electron chi connectivity index (χ0n) is 18.5. The van der Waals surface area contributed by atoms with Crippen molar-refractivity contribution in [2.24, 2.45) is 29.6 Å². The lowest BCUT2D eigenvalue weighted by atomic mass is 9.85. The number of nitrogens with zero attached hydrogens (tertiary/aromatic N) is 1. The first kappa shape index (κ1) is 20.5. The number of ether oxygens (including phenoxy) is 1. The Balaban J connectivity index is 1.18. The average Bonchev–Trinajstić information content (AvgIpc) is 3.42. The van der Waals surface area contributed by atoms with Crippen LogP contribution in [0.1, 0.15) is 58.4 Å². The second kappa shape index (κ2) is 7.32. The van der Waals surface area contributed by atoms with Gasteiger partial charge in [-0.1, -0.05) is 45.1 Å². The number of hydrogen-bond donors (Lipinski definition) is 0. The summed E-state index contributed by atoms with van der Waals surface area (Å²) < 4.78 is 5.63. The van der Waals surface area contributed by atoms with Crippen molar-refractivity contribution >= 4 is 17.8 Å². The van der Waals surface area contributed by atoms with Gasteiger partial charge >= 0.3 is 5.97 Å². The van der Waals surface area contributed by atoms with Gasteiger partial charge in [-0.25, -0.2) is 0 Å². The maximum absolute atomic E-state index is 13.0. The quantitative estimate of drug-likeness (QED) is 0.317. The zero-order valence-corrected chi connectivity index (χ0v) is 18.5. The van der Waals surface area contributed by atoms with Crippen LogP contribution in [0.2, 0.25) is 0 Å². The summed E-state index contributed by atoms with van der Waals surface area (Å²) in [4.78, 5) is 40.3. The SMILES string of the molecule is CC(C)(C)c1ccc(OC(=O)C2CCC(N3C(=O)C4C5C=CC(C5)C4C3=O)CC2)cc1. The Bertz CT molecular complexity index is 903. The summed E-state index contributed by atoms with van der Waals surface area (Å²) in [6.07, 6.45) is 7.88. The Hall–Kier alpha value is -2.43. The molecule has 0 aromatic heterocycles. The minimum Gasteiger partial charge on any atom is -0.426 e. The molecule has 0 spiro atoms. The van der Waals surface area contributed by atoms with E-state index in [-0.39, 0.29) is 58.8 Å². The molecule has 1 aromatic carbocycles. The lowest BCUT2D eigenvalue weighted by Gasteiger charge is -2.33. The van der Waals surface area contributed by atoms with Gasteiger partial charge in [-0.15, -0.1) is 0 Å². The van der Waals surface area contributed by atoms with Gasteiger partial charge < -0.3 is 4.74 Å². The summed E-state index contributed by atoms with van der Waals surface area (Å²) in [6.45, 7) is 6.45. The summed E-state index contributed by atoms with van der Waals surface area (Å²) in [6, 6.07) is 7.64. The monoisotopic (exact) mass is 421 g/mol. The van der Waals surface area contributed by atoms with E-state index in [2.05, 4.69) is 32.9 Å². The molecule has 2 amide bonds. The summed E-state index contributed by atoms with van der Waals surface area (Å²) in [5.74, 6) is 0.445. The number of allylic oxidation sites excluding steroid dienone is 2. The van der Waals surface area contributed by atoms with Gasteiger partial charge in [-0.05, 0) is 67.1 Å². The highest BCUT2D eigenvalue weighted by Gasteiger charge is 2.60. The van der Waals surface area contributed by atoms with Gasteiger partial charge in [0, 0.05) is 6.04 Å². The van der Waals surface area contributed by atoms with E-state index in [9.17, 15) is 14.4 Å². The first-order valence-corrected chi connectivity index (χ1v) is 11.6. The Labute approximate surface area is 183 Å². The van der Waals surface area contributed by atoms with Crippen LogP contribution in [0, 0.1) is 29.6 Å². The second-order valence-electron chi connectivity index (χ2n) is 10.7. The summed E-state index contributed by atoms with van der Waals surface area (Å²) >= 11 is 0. The molecule has 2 bridgehead atoms. The van der Waals surface area contributed by atoms with Crippen LogP contribution in [0.5, 0.6) is 5.75 Å². The maximum atomic E-state index is 13.0. The molecule has 3 fully saturated rings. The van der Waals surface area contributed by atoms with Gasteiger partial charge in [0.15, 0.2) is 0 Å². The largest absolute Gasteiger partial charge is 0.426 e. The van der Waals surface area contributed by atoms with Crippen LogP contribution in [0.4, 0.5) is 0 Å². The fourth-order valence-corrected chi connectivity index (χ4v) is 6.08. The number of fused-ring (bicyclic) bond motifs is 5. The average molecular weight is 422 g/mol. The Kier molecular flexibility index (Phi) is 4.83. The molecule has 5 nitrogen and oxygen atoms in total. The molecular weight excluding hydrogens is 390 g/mol. The number of likely N-dealkylation sites (tertiary alicyclic amines) is 1. The number of hydrogen-bond acceptors (Lipinski definition) is 4. The molecule has 5 heteroatoms. The molecule has 31 heavy (non-hydrogen) atoms. The molecule has 2 saturated carbocycles. The molecule has 4 aliphatic rings. The predicted molar refractivity (Wildman–Crippen MR) is 116 cm³/mol. The highest BCUT2D eigenvalue weighted by Crippen LogP contribution is 2.53. The third-order valence-corrected chi connectivity index (χ3v) is 7.84. The van der Waals surface area contributed by atoms with Crippen molar-refractivity contribution in [1.82, 2.24) is 4.90 Å². The lowest BCUT2D eigenvalue weighted by Crippen LogP contribution is -2.44. The van der Waals surface area contributed by atoms with Crippen molar-refractivity contribution < 1.29 is 19.1 Å². The number of amides is 2. The van der Waals surface area contributed by atoms with E-state index in [0.29, 0.717) is 31.4 Å². The molecule has 1 saturated heterocycles. The molecule has 3 aliphatic carbocycles. The highest BCUT2D eigenvalue weighted by molar-refractivity contribution is 6.06. The molecule has 0 radical (unpaired) electrons. The van der Waals surface area contributed by atoms with E-state index in [0.717, 1.165) is 6.42 Å². The minimum atomic E-state index is -0.208. The molecule has 4 unspecified atom stereocenters. The normalized spacial score (nSPS) is 34.4. The molecule has 1 heterocycles. The van der Waals surface area contributed by atoms with Gasteiger partial charge in [0.05, 0.1) is 17.8 Å². The number of rotatable bonds is 3. The van der Waals surface area contributed by atoms with Crippen molar-refractivity contribution in [3.05, 3.63) is 42.0 Å². The highest BCUT2D eigenvalue weighted by atomic mass is 16.5. The second-order valence-corrected chi connectivity index (χ2v) is 10.7. The number of carbonyl (C=O) groups is 3. The Morgan fingerprint density at radius 3 is 1.97 bits per heavy atom. The van der Waals surface area contributed by atoms with Gasteiger partial charge in [0.1, 0.15) is 5.75 Å². The van der Waals surface area contributed by atoms with Crippen molar-refractivity contribution in [2.75, 3.05) is 0 Å². The van der Waals surface area contributed by atoms with E-state index in [1.165, 1.54) is 5.56 Å². The molecule has 4 atom stereocenters.